The number of alkyl halides is 2. The van der Waals surface area contributed by atoms with Crippen LogP contribution in [-0.4, -0.2) is 25.1 Å². The van der Waals surface area contributed by atoms with Crippen molar-refractivity contribution >= 4 is 17.3 Å². The minimum Gasteiger partial charge on any atom is -0.432 e. The molecule has 0 aliphatic heterocycles. The molecule has 1 aromatic rings. The maximum Gasteiger partial charge on any atom is 0.387 e. The second-order valence-electron chi connectivity index (χ2n) is 4.77. The lowest BCUT2D eigenvalue weighted by atomic mass is 10.2. The van der Waals surface area contributed by atoms with Crippen LogP contribution in [0.5, 0.6) is 5.75 Å². The first-order chi connectivity index (χ1) is 9.95. The van der Waals surface area contributed by atoms with E-state index < -0.39 is 18.2 Å². The van der Waals surface area contributed by atoms with E-state index in [2.05, 4.69) is 15.4 Å². The number of rotatable bonds is 7. The van der Waals surface area contributed by atoms with E-state index in [-0.39, 0.29) is 36.3 Å². The van der Waals surface area contributed by atoms with E-state index in [1.54, 1.807) is 0 Å². The van der Waals surface area contributed by atoms with E-state index in [0.717, 1.165) is 25.0 Å². The van der Waals surface area contributed by atoms with Gasteiger partial charge in [-0.15, -0.1) is 0 Å². The zero-order valence-electron chi connectivity index (χ0n) is 11.2. The summed E-state index contributed by atoms with van der Waals surface area (Å²) in [5.41, 5.74) is 5.88. The van der Waals surface area contributed by atoms with Gasteiger partial charge in [0.1, 0.15) is 0 Å². The first kappa shape index (κ1) is 15.3. The van der Waals surface area contributed by atoms with Gasteiger partial charge < -0.3 is 21.1 Å². The van der Waals surface area contributed by atoms with E-state index in [1.165, 1.54) is 0 Å². The highest BCUT2D eigenvalue weighted by Gasteiger charge is 2.22. The third-order valence-corrected chi connectivity index (χ3v) is 2.93. The largest absolute Gasteiger partial charge is 0.432 e. The van der Waals surface area contributed by atoms with Gasteiger partial charge in [0.2, 0.25) is 5.91 Å². The van der Waals surface area contributed by atoms with Crippen LogP contribution < -0.4 is 21.1 Å². The van der Waals surface area contributed by atoms with Crippen LogP contribution in [0.4, 0.5) is 24.5 Å². The molecule has 0 heterocycles. The Morgan fingerprint density at radius 3 is 2.76 bits per heavy atom. The van der Waals surface area contributed by atoms with Gasteiger partial charge in [0, 0.05) is 31.1 Å². The number of carbonyl (C=O) groups is 1. The van der Waals surface area contributed by atoms with Crippen LogP contribution in [-0.2, 0) is 4.79 Å². The van der Waals surface area contributed by atoms with Gasteiger partial charge in [0.05, 0.1) is 11.4 Å². The van der Waals surface area contributed by atoms with Crippen molar-refractivity contribution in [1.29, 1.82) is 0 Å². The van der Waals surface area contributed by atoms with Crippen molar-refractivity contribution in [2.75, 3.05) is 17.6 Å². The number of halogens is 3. The lowest BCUT2D eigenvalue weighted by Crippen LogP contribution is -2.27. The number of nitrogens with two attached hydrogens (primary N) is 1. The Kier molecular flexibility index (Phi) is 4.77. The van der Waals surface area contributed by atoms with E-state index in [4.69, 9.17) is 5.73 Å². The van der Waals surface area contributed by atoms with E-state index in [0.29, 0.717) is 0 Å². The quantitative estimate of drug-likeness (QED) is 0.674. The molecule has 1 aromatic carbocycles. The fourth-order valence-electron chi connectivity index (χ4n) is 1.75. The molecule has 8 heteroatoms. The van der Waals surface area contributed by atoms with Gasteiger partial charge in [-0.1, -0.05) is 0 Å². The number of carbonyl (C=O) groups excluding carboxylic acids is 1. The Morgan fingerprint density at radius 2 is 2.14 bits per heavy atom. The molecule has 116 valence electrons. The Morgan fingerprint density at radius 1 is 1.43 bits per heavy atom. The van der Waals surface area contributed by atoms with Gasteiger partial charge in [0.25, 0.3) is 0 Å². The van der Waals surface area contributed by atoms with Gasteiger partial charge in [-0.25, -0.2) is 4.39 Å². The maximum absolute atomic E-state index is 13.4. The van der Waals surface area contributed by atoms with Crippen molar-refractivity contribution in [2.24, 2.45) is 0 Å². The summed E-state index contributed by atoms with van der Waals surface area (Å²) in [6, 6.07) is 2.22. The highest BCUT2D eigenvalue weighted by Crippen LogP contribution is 2.29. The van der Waals surface area contributed by atoms with Gasteiger partial charge in [-0.3, -0.25) is 4.79 Å². The molecule has 21 heavy (non-hydrogen) atoms. The zero-order chi connectivity index (χ0) is 15.4. The fraction of sp³-hybridized carbons (Fsp3) is 0.462. The van der Waals surface area contributed by atoms with Crippen LogP contribution in [0.25, 0.3) is 0 Å². The predicted molar refractivity (Wildman–Crippen MR) is 71.7 cm³/mol. The highest BCUT2D eigenvalue weighted by atomic mass is 19.3. The molecule has 0 atom stereocenters. The van der Waals surface area contributed by atoms with Gasteiger partial charge in [-0.05, 0) is 12.8 Å². The third-order valence-electron chi connectivity index (χ3n) is 2.93. The molecule has 1 amide bonds. The Balaban J connectivity index is 1.90. The molecule has 1 saturated carbocycles. The number of nitrogens with one attached hydrogen (secondary N) is 2. The van der Waals surface area contributed by atoms with Crippen LogP contribution in [0.15, 0.2) is 12.1 Å². The number of anilines is 2. The Bertz CT molecular complexity index is 522. The summed E-state index contributed by atoms with van der Waals surface area (Å²) in [5.74, 6) is -1.66. The fourth-order valence-corrected chi connectivity index (χ4v) is 1.75. The van der Waals surface area contributed by atoms with Gasteiger partial charge >= 0.3 is 6.61 Å². The third kappa shape index (κ3) is 4.73. The summed E-state index contributed by atoms with van der Waals surface area (Å²) < 4.78 is 41.7. The minimum absolute atomic E-state index is 0.0525. The molecule has 0 unspecified atom stereocenters. The van der Waals surface area contributed by atoms with Crippen LogP contribution in [0.1, 0.15) is 19.3 Å². The summed E-state index contributed by atoms with van der Waals surface area (Å²) >= 11 is 0. The molecule has 0 spiro atoms. The average Bonchev–Trinajstić information content (AvgIpc) is 3.18. The van der Waals surface area contributed by atoms with Crippen molar-refractivity contribution in [3.63, 3.8) is 0 Å². The lowest BCUT2D eigenvalue weighted by Gasteiger charge is -2.12. The van der Waals surface area contributed by atoms with Crippen molar-refractivity contribution in [3.8, 4) is 5.75 Å². The number of hydrogen-bond donors (Lipinski definition) is 3. The molecule has 0 saturated heterocycles. The van der Waals surface area contributed by atoms with Crippen LogP contribution in [0.3, 0.4) is 0 Å². The molecule has 5 nitrogen and oxygen atoms in total. The van der Waals surface area contributed by atoms with Crippen molar-refractivity contribution in [3.05, 3.63) is 17.9 Å². The first-order valence-corrected chi connectivity index (χ1v) is 6.53. The number of ether oxygens (including phenoxy) is 1. The van der Waals surface area contributed by atoms with E-state index in [9.17, 15) is 18.0 Å². The Hall–Kier alpha value is -2.12. The molecule has 1 aliphatic carbocycles. The summed E-state index contributed by atoms with van der Waals surface area (Å²) in [5, 5.41) is 5.61. The molecular formula is C13H16F3N3O2. The summed E-state index contributed by atoms with van der Waals surface area (Å²) in [7, 11) is 0. The molecule has 0 aromatic heterocycles. The SMILES string of the molecule is Nc1cc(F)c(OC(F)F)cc1NCCC(=O)NC1CC1. The number of nitrogen functional groups attached to an aromatic ring is 1. The van der Waals surface area contributed by atoms with Crippen LogP contribution in [0.2, 0.25) is 0 Å². The second kappa shape index (κ2) is 6.55. The number of amides is 1. The zero-order valence-corrected chi connectivity index (χ0v) is 11.2. The standard InChI is InChI=1S/C13H16F3N3O2/c14-8-5-9(17)10(6-11(8)21-13(15)16)18-4-3-12(20)19-7-1-2-7/h5-7,13,18H,1-4,17H2,(H,19,20). The normalized spacial score (nSPS) is 14.1. The molecule has 1 aliphatic rings. The van der Waals surface area contributed by atoms with Crippen molar-refractivity contribution in [1.82, 2.24) is 5.32 Å². The molecular weight excluding hydrogens is 287 g/mol. The molecule has 0 bridgehead atoms. The van der Waals surface area contributed by atoms with E-state index in [1.807, 2.05) is 0 Å². The van der Waals surface area contributed by atoms with Crippen molar-refractivity contribution in [2.45, 2.75) is 31.9 Å². The van der Waals surface area contributed by atoms with Gasteiger partial charge in [0.15, 0.2) is 11.6 Å². The van der Waals surface area contributed by atoms with Crippen molar-refractivity contribution < 1.29 is 22.7 Å². The smallest absolute Gasteiger partial charge is 0.387 e. The van der Waals surface area contributed by atoms with Crippen LogP contribution in [0, 0.1) is 5.82 Å². The Labute approximate surface area is 119 Å². The molecule has 4 N–H and O–H groups in total. The van der Waals surface area contributed by atoms with Gasteiger partial charge in [-0.2, -0.15) is 8.78 Å². The average molecular weight is 303 g/mol. The summed E-state index contributed by atoms with van der Waals surface area (Å²) in [6.07, 6.45) is 2.20. The molecule has 1 fully saturated rings. The monoisotopic (exact) mass is 303 g/mol. The highest BCUT2D eigenvalue weighted by molar-refractivity contribution is 5.77. The van der Waals surface area contributed by atoms with E-state index >= 15 is 0 Å². The number of benzene rings is 1. The number of hydrogen-bond acceptors (Lipinski definition) is 4. The van der Waals surface area contributed by atoms with Crippen LogP contribution >= 0.6 is 0 Å². The maximum atomic E-state index is 13.4. The lowest BCUT2D eigenvalue weighted by molar-refractivity contribution is -0.120. The summed E-state index contributed by atoms with van der Waals surface area (Å²) in [4.78, 5) is 11.5. The topological polar surface area (TPSA) is 76.4 Å². The minimum atomic E-state index is -3.12. The first-order valence-electron chi connectivity index (χ1n) is 6.53. The second-order valence-corrected chi connectivity index (χ2v) is 4.77. The molecule has 2 rings (SSSR count). The predicted octanol–water partition coefficient (Wildman–Crippen LogP) is 2.09. The molecule has 0 radical (unpaired) electrons. The summed E-state index contributed by atoms with van der Waals surface area (Å²) in [6.45, 7) is -2.87.